The molecule has 6 heteroatoms. The highest BCUT2D eigenvalue weighted by atomic mass is 127. The van der Waals surface area contributed by atoms with Crippen LogP contribution in [0.3, 0.4) is 0 Å². The molecule has 1 aromatic rings. The predicted octanol–water partition coefficient (Wildman–Crippen LogP) is 2.11. The number of hydrogen-bond acceptors (Lipinski definition) is 3. The van der Waals surface area contributed by atoms with E-state index in [1.807, 2.05) is 13.8 Å². The van der Waals surface area contributed by atoms with E-state index in [2.05, 4.69) is 27.3 Å². The fraction of sp³-hybridized carbons (Fsp3) is 0.538. The Morgan fingerprint density at radius 2 is 2.00 bits per heavy atom. The SMILES string of the molecule is Cc1ccc(S(=O)(=O)N[C@@H]2[C@@H](C)CO[C@@H]2CI)cc1. The summed E-state index contributed by atoms with van der Waals surface area (Å²) in [4.78, 5) is 0.310. The molecule has 4 nitrogen and oxygen atoms in total. The summed E-state index contributed by atoms with van der Waals surface area (Å²) in [5.74, 6) is 0.194. The highest BCUT2D eigenvalue weighted by Crippen LogP contribution is 2.23. The Bertz CT molecular complexity index is 529. The first-order valence-corrected chi connectivity index (χ1v) is 9.21. The molecule has 19 heavy (non-hydrogen) atoms. The molecule has 0 aromatic heterocycles. The van der Waals surface area contributed by atoms with Crippen molar-refractivity contribution in [3.8, 4) is 0 Å². The van der Waals surface area contributed by atoms with Gasteiger partial charge in [-0.3, -0.25) is 0 Å². The smallest absolute Gasteiger partial charge is 0.240 e. The average molecular weight is 395 g/mol. The average Bonchev–Trinajstić information content (AvgIpc) is 2.70. The van der Waals surface area contributed by atoms with Crippen molar-refractivity contribution in [3.05, 3.63) is 29.8 Å². The van der Waals surface area contributed by atoms with E-state index in [0.29, 0.717) is 11.5 Å². The van der Waals surface area contributed by atoms with Gasteiger partial charge in [0.25, 0.3) is 0 Å². The van der Waals surface area contributed by atoms with Crippen LogP contribution in [0.15, 0.2) is 29.2 Å². The van der Waals surface area contributed by atoms with Crippen molar-refractivity contribution in [1.29, 1.82) is 0 Å². The van der Waals surface area contributed by atoms with Crippen LogP contribution in [-0.2, 0) is 14.8 Å². The Morgan fingerprint density at radius 1 is 1.37 bits per heavy atom. The first-order chi connectivity index (χ1) is 8.94. The third-order valence-corrected chi connectivity index (χ3v) is 5.70. The topological polar surface area (TPSA) is 55.4 Å². The lowest BCUT2D eigenvalue weighted by Gasteiger charge is -2.21. The minimum Gasteiger partial charge on any atom is -0.375 e. The summed E-state index contributed by atoms with van der Waals surface area (Å²) in [6.45, 7) is 4.55. The van der Waals surface area contributed by atoms with Gasteiger partial charge in [0.15, 0.2) is 0 Å². The molecule has 1 aromatic carbocycles. The molecule has 106 valence electrons. The van der Waals surface area contributed by atoms with Gasteiger partial charge in [-0.2, -0.15) is 0 Å². The number of ether oxygens (including phenoxy) is 1. The van der Waals surface area contributed by atoms with Crippen molar-refractivity contribution in [2.75, 3.05) is 11.0 Å². The van der Waals surface area contributed by atoms with E-state index < -0.39 is 10.0 Å². The molecule has 1 N–H and O–H groups in total. The first-order valence-electron chi connectivity index (χ1n) is 6.20. The molecular formula is C13H18INO3S. The van der Waals surface area contributed by atoms with E-state index in [1.165, 1.54) is 0 Å². The van der Waals surface area contributed by atoms with Gasteiger partial charge in [-0.15, -0.1) is 0 Å². The predicted molar refractivity (Wildman–Crippen MR) is 83.1 cm³/mol. The second kappa shape index (κ2) is 6.07. The summed E-state index contributed by atoms with van der Waals surface area (Å²) in [5.41, 5.74) is 1.04. The minimum absolute atomic E-state index is 0.0455. The molecule has 3 atom stereocenters. The molecule has 2 rings (SSSR count). The summed E-state index contributed by atoms with van der Waals surface area (Å²) in [6.07, 6.45) is -0.0455. The molecule has 0 bridgehead atoms. The number of sulfonamides is 1. The van der Waals surface area contributed by atoms with E-state index in [9.17, 15) is 8.42 Å². The Kier molecular flexibility index (Phi) is 4.86. The maximum atomic E-state index is 12.3. The van der Waals surface area contributed by atoms with Gasteiger partial charge in [0.1, 0.15) is 0 Å². The third kappa shape index (κ3) is 3.48. The van der Waals surface area contributed by atoms with Crippen LogP contribution in [0, 0.1) is 12.8 Å². The van der Waals surface area contributed by atoms with Crippen molar-refractivity contribution in [1.82, 2.24) is 4.72 Å². The summed E-state index contributed by atoms with van der Waals surface area (Å²) < 4.78 is 33.8. The van der Waals surface area contributed by atoms with Crippen molar-refractivity contribution in [2.24, 2.45) is 5.92 Å². The molecule has 1 aliphatic heterocycles. The molecule has 1 aliphatic rings. The van der Waals surface area contributed by atoms with Crippen molar-refractivity contribution >= 4 is 32.6 Å². The summed E-state index contributed by atoms with van der Waals surface area (Å²) >= 11 is 2.23. The Hall–Kier alpha value is -0.180. The molecule has 0 spiro atoms. The highest BCUT2D eigenvalue weighted by molar-refractivity contribution is 14.1. The number of halogens is 1. The van der Waals surface area contributed by atoms with Gasteiger partial charge in [0.05, 0.1) is 23.6 Å². The largest absolute Gasteiger partial charge is 0.375 e. The fourth-order valence-electron chi connectivity index (χ4n) is 2.15. The summed E-state index contributed by atoms with van der Waals surface area (Å²) in [6, 6.07) is 6.73. The molecule has 1 fully saturated rings. The van der Waals surface area contributed by atoms with E-state index in [-0.39, 0.29) is 18.1 Å². The van der Waals surface area contributed by atoms with Crippen LogP contribution in [0.2, 0.25) is 0 Å². The van der Waals surface area contributed by atoms with Crippen LogP contribution in [0.5, 0.6) is 0 Å². The van der Waals surface area contributed by atoms with Gasteiger partial charge in [0, 0.05) is 4.43 Å². The Balaban J connectivity index is 2.19. The van der Waals surface area contributed by atoms with E-state index >= 15 is 0 Å². The molecule has 0 unspecified atom stereocenters. The lowest BCUT2D eigenvalue weighted by Crippen LogP contribution is -2.44. The second-order valence-corrected chi connectivity index (χ2v) is 7.56. The van der Waals surface area contributed by atoms with Crippen LogP contribution in [0.25, 0.3) is 0 Å². The van der Waals surface area contributed by atoms with Crippen LogP contribution in [0.4, 0.5) is 0 Å². The molecule has 0 aliphatic carbocycles. The number of nitrogens with one attached hydrogen (secondary N) is 1. The van der Waals surface area contributed by atoms with Gasteiger partial charge in [0.2, 0.25) is 10.0 Å². The standard InChI is InChI=1S/C13H18INO3S/c1-9-3-5-11(6-4-9)19(16,17)15-13-10(2)8-18-12(13)7-14/h3-6,10,12-13,15H,7-8H2,1-2H3/t10-,12+,13+/m0/s1. The fourth-order valence-corrected chi connectivity index (χ4v) is 4.32. The zero-order chi connectivity index (χ0) is 14.0. The van der Waals surface area contributed by atoms with Gasteiger partial charge >= 0.3 is 0 Å². The number of benzene rings is 1. The maximum absolute atomic E-state index is 12.3. The first kappa shape index (κ1) is 15.2. The zero-order valence-electron chi connectivity index (χ0n) is 11.0. The van der Waals surface area contributed by atoms with Gasteiger partial charge < -0.3 is 4.74 Å². The number of rotatable bonds is 4. The molecular weight excluding hydrogens is 377 g/mol. The van der Waals surface area contributed by atoms with Gasteiger partial charge in [-0.25, -0.2) is 13.1 Å². The maximum Gasteiger partial charge on any atom is 0.240 e. The molecule has 0 saturated carbocycles. The van der Waals surface area contributed by atoms with Crippen LogP contribution < -0.4 is 4.72 Å². The molecule has 0 radical (unpaired) electrons. The quantitative estimate of drug-likeness (QED) is 0.628. The zero-order valence-corrected chi connectivity index (χ0v) is 13.9. The molecule has 1 saturated heterocycles. The minimum atomic E-state index is -3.47. The van der Waals surface area contributed by atoms with Gasteiger partial charge in [-0.1, -0.05) is 47.2 Å². The molecule has 0 amide bonds. The summed E-state index contributed by atoms with van der Waals surface area (Å²) in [7, 11) is -3.47. The number of aryl methyl sites for hydroxylation is 1. The lowest BCUT2D eigenvalue weighted by atomic mass is 10.0. The lowest BCUT2D eigenvalue weighted by molar-refractivity contribution is 0.120. The van der Waals surface area contributed by atoms with Gasteiger partial charge in [-0.05, 0) is 25.0 Å². The van der Waals surface area contributed by atoms with Crippen molar-refractivity contribution in [2.45, 2.75) is 30.9 Å². The third-order valence-electron chi connectivity index (χ3n) is 3.36. The summed E-state index contributed by atoms with van der Waals surface area (Å²) in [5, 5.41) is 0. The Morgan fingerprint density at radius 3 is 2.58 bits per heavy atom. The number of hydrogen-bond donors (Lipinski definition) is 1. The van der Waals surface area contributed by atoms with Crippen LogP contribution in [-0.4, -0.2) is 31.6 Å². The van der Waals surface area contributed by atoms with E-state index in [4.69, 9.17) is 4.74 Å². The number of alkyl halides is 1. The van der Waals surface area contributed by atoms with Crippen LogP contribution in [0.1, 0.15) is 12.5 Å². The highest BCUT2D eigenvalue weighted by Gasteiger charge is 2.36. The monoisotopic (exact) mass is 395 g/mol. The Labute approximate surface area is 128 Å². The normalized spacial score (nSPS) is 27.6. The van der Waals surface area contributed by atoms with Crippen molar-refractivity contribution in [3.63, 3.8) is 0 Å². The second-order valence-electron chi connectivity index (χ2n) is 4.96. The van der Waals surface area contributed by atoms with Crippen LogP contribution >= 0.6 is 22.6 Å². The molecule has 1 heterocycles. The van der Waals surface area contributed by atoms with E-state index in [0.717, 1.165) is 9.99 Å². The van der Waals surface area contributed by atoms with E-state index in [1.54, 1.807) is 24.3 Å². The van der Waals surface area contributed by atoms with Crippen molar-refractivity contribution < 1.29 is 13.2 Å².